The number of hydrogen-bond donors (Lipinski definition) is 1. The Kier molecular flexibility index (Phi) is 3.64. The van der Waals surface area contributed by atoms with E-state index in [1.165, 1.54) is 0 Å². The van der Waals surface area contributed by atoms with E-state index < -0.39 is 21.8 Å². The summed E-state index contributed by atoms with van der Waals surface area (Å²) in [5, 5.41) is 8.26. The van der Waals surface area contributed by atoms with Crippen molar-refractivity contribution in [1.82, 2.24) is 4.57 Å². The lowest BCUT2D eigenvalue weighted by Crippen LogP contribution is -2.05. The zero-order valence-electron chi connectivity index (χ0n) is 9.85. The van der Waals surface area contributed by atoms with Gasteiger partial charge >= 0.3 is 5.97 Å². The minimum Gasteiger partial charge on any atom is -0.477 e. The fraction of sp³-hybridized carbons (Fsp3) is 0.0769. The molecule has 1 aromatic heterocycles. The Labute approximate surface area is 118 Å². The van der Waals surface area contributed by atoms with Gasteiger partial charge in [0.2, 0.25) is 5.78 Å². The van der Waals surface area contributed by atoms with E-state index >= 15 is 0 Å². The van der Waals surface area contributed by atoms with E-state index in [0.29, 0.717) is 10.9 Å². The van der Waals surface area contributed by atoms with Gasteiger partial charge < -0.3 is 9.67 Å². The molecule has 6 heteroatoms. The molecule has 0 bridgehead atoms. The number of hydrogen-bond acceptors (Lipinski definition) is 2. The van der Waals surface area contributed by atoms with Crippen LogP contribution in [0.3, 0.4) is 0 Å². The maximum Gasteiger partial charge on any atom is 0.349 e. The van der Waals surface area contributed by atoms with Gasteiger partial charge in [-0.3, -0.25) is 4.79 Å². The molecule has 0 atom stereocenters. The van der Waals surface area contributed by atoms with E-state index in [4.69, 9.17) is 28.3 Å². The minimum atomic E-state index is -1.43. The number of para-hydroxylation sites is 1. The van der Waals surface area contributed by atoms with Crippen LogP contribution in [0.1, 0.15) is 10.4 Å². The van der Waals surface area contributed by atoms with Gasteiger partial charge in [0, 0.05) is 29.7 Å². The van der Waals surface area contributed by atoms with Crippen molar-refractivity contribution in [2.75, 3.05) is 0 Å². The number of aryl methyl sites for hydroxylation is 1. The highest BCUT2D eigenvalue weighted by Gasteiger charge is 2.21. The van der Waals surface area contributed by atoms with Gasteiger partial charge in [-0.1, -0.05) is 41.4 Å². The number of fused-ring (bicyclic) bond motifs is 1. The molecular weight excluding hydrogens is 289 g/mol. The van der Waals surface area contributed by atoms with Crippen molar-refractivity contribution in [1.29, 1.82) is 0 Å². The number of carbonyl (C=O) groups is 2. The number of benzene rings is 1. The molecule has 0 saturated carbocycles. The molecule has 0 saturated heterocycles. The highest BCUT2D eigenvalue weighted by atomic mass is 35.5. The Morgan fingerprint density at radius 1 is 1.16 bits per heavy atom. The SMILES string of the molecule is Cn1cc(C(=O)C(Cl)=C(Cl)C(=O)O)c2ccccc21. The van der Waals surface area contributed by atoms with Crippen LogP contribution in [-0.4, -0.2) is 21.4 Å². The maximum atomic E-state index is 12.2. The third-order valence-electron chi connectivity index (χ3n) is 2.72. The van der Waals surface area contributed by atoms with Gasteiger partial charge in [-0.2, -0.15) is 0 Å². The molecule has 0 aliphatic carbocycles. The molecule has 1 N–H and O–H groups in total. The van der Waals surface area contributed by atoms with Crippen molar-refractivity contribution in [3.05, 3.63) is 46.1 Å². The predicted octanol–water partition coefficient (Wildman–Crippen LogP) is 3.13. The second-order valence-corrected chi connectivity index (χ2v) is 4.69. The van der Waals surface area contributed by atoms with E-state index in [1.807, 2.05) is 12.1 Å². The zero-order chi connectivity index (χ0) is 14.2. The Bertz CT molecular complexity index is 716. The summed E-state index contributed by atoms with van der Waals surface area (Å²) in [6.07, 6.45) is 1.60. The van der Waals surface area contributed by atoms with E-state index in [0.717, 1.165) is 5.52 Å². The van der Waals surface area contributed by atoms with E-state index in [-0.39, 0.29) is 0 Å². The quantitative estimate of drug-likeness (QED) is 0.699. The third kappa shape index (κ3) is 2.37. The molecule has 0 unspecified atom stereocenters. The van der Waals surface area contributed by atoms with Gasteiger partial charge in [-0.15, -0.1) is 0 Å². The number of aliphatic carboxylic acids is 1. The van der Waals surface area contributed by atoms with Crippen LogP contribution in [0.25, 0.3) is 10.9 Å². The van der Waals surface area contributed by atoms with Crippen molar-refractivity contribution in [2.24, 2.45) is 7.05 Å². The van der Waals surface area contributed by atoms with Gasteiger partial charge in [0.05, 0.1) is 0 Å². The van der Waals surface area contributed by atoms with Crippen molar-refractivity contribution >= 4 is 45.9 Å². The largest absolute Gasteiger partial charge is 0.477 e. The second kappa shape index (κ2) is 5.07. The van der Waals surface area contributed by atoms with Gasteiger partial charge in [0.25, 0.3) is 0 Å². The number of carbonyl (C=O) groups excluding carboxylic acids is 1. The lowest BCUT2D eigenvalue weighted by atomic mass is 10.1. The van der Waals surface area contributed by atoms with Crippen molar-refractivity contribution in [3.63, 3.8) is 0 Å². The first-order valence-corrected chi connectivity index (χ1v) is 6.06. The van der Waals surface area contributed by atoms with E-state index in [9.17, 15) is 9.59 Å². The van der Waals surface area contributed by atoms with Crippen LogP contribution in [0.15, 0.2) is 40.5 Å². The molecule has 0 aliphatic heterocycles. The van der Waals surface area contributed by atoms with Crippen molar-refractivity contribution in [3.8, 4) is 0 Å². The smallest absolute Gasteiger partial charge is 0.349 e. The number of rotatable bonds is 3. The number of carboxylic acid groups (broad SMARTS) is 1. The Morgan fingerprint density at radius 3 is 2.42 bits per heavy atom. The average Bonchev–Trinajstić information content (AvgIpc) is 2.74. The standard InChI is InChI=1S/C13H9Cl2NO3/c1-16-6-8(7-4-2-3-5-9(7)16)12(17)10(14)11(15)13(18)19/h2-6H,1H3,(H,18,19). The van der Waals surface area contributed by atoms with E-state index in [1.54, 1.807) is 29.9 Å². The monoisotopic (exact) mass is 297 g/mol. The van der Waals surface area contributed by atoms with Crippen LogP contribution in [-0.2, 0) is 11.8 Å². The molecular formula is C13H9Cl2NO3. The molecule has 0 fully saturated rings. The Balaban J connectivity index is 2.60. The van der Waals surface area contributed by atoms with Gasteiger partial charge in [0.15, 0.2) is 0 Å². The number of ketones is 1. The molecule has 0 spiro atoms. The van der Waals surface area contributed by atoms with Gasteiger partial charge in [-0.25, -0.2) is 4.79 Å². The summed E-state index contributed by atoms with van der Waals surface area (Å²) in [7, 11) is 1.79. The molecule has 98 valence electrons. The minimum absolute atomic E-state index is 0.322. The topological polar surface area (TPSA) is 59.3 Å². The molecule has 0 radical (unpaired) electrons. The van der Waals surface area contributed by atoms with Crippen molar-refractivity contribution in [2.45, 2.75) is 0 Å². The molecule has 2 aromatic rings. The zero-order valence-corrected chi connectivity index (χ0v) is 11.4. The fourth-order valence-electron chi connectivity index (χ4n) is 1.83. The lowest BCUT2D eigenvalue weighted by molar-refractivity contribution is -0.131. The number of nitrogens with zero attached hydrogens (tertiary/aromatic N) is 1. The van der Waals surface area contributed by atoms with Crippen LogP contribution in [0, 0.1) is 0 Å². The normalized spacial score (nSPS) is 12.4. The summed E-state index contributed by atoms with van der Waals surface area (Å²) in [5.74, 6) is -2.04. The fourth-order valence-corrected chi connectivity index (χ4v) is 2.10. The molecule has 2 rings (SSSR count). The number of aromatic nitrogens is 1. The highest BCUT2D eigenvalue weighted by Crippen LogP contribution is 2.26. The highest BCUT2D eigenvalue weighted by molar-refractivity contribution is 6.55. The average molecular weight is 298 g/mol. The third-order valence-corrected chi connectivity index (χ3v) is 3.53. The van der Waals surface area contributed by atoms with Crippen LogP contribution >= 0.6 is 23.2 Å². The molecule has 1 aromatic carbocycles. The summed E-state index contributed by atoms with van der Waals surface area (Å²) >= 11 is 11.2. The second-order valence-electron chi connectivity index (χ2n) is 3.93. The number of halogens is 2. The van der Waals surface area contributed by atoms with Crippen LogP contribution < -0.4 is 0 Å². The van der Waals surface area contributed by atoms with Crippen LogP contribution in [0.5, 0.6) is 0 Å². The van der Waals surface area contributed by atoms with Crippen LogP contribution in [0.4, 0.5) is 0 Å². The van der Waals surface area contributed by atoms with Crippen molar-refractivity contribution < 1.29 is 14.7 Å². The lowest BCUT2D eigenvalue weighted by Gasteiger charge is -1.99. The summed E-state index contributed by atoms with van der Waals surface area (Å²) in [4.78, 5) is 22.9. The van der Waals surface area contributed by atoms with Crippen LogP contribution in [0.2, 0.25) is 0 Å². The number of carboxylic acids is 1. The molecule has 1 heterocycles. The molecule has 0 amide bonds. The molecule has 4 nitrogen and oxygen atoms in total. The van der Waals surface area contributed by atoms with Gasteiger partial charge in [-0.05, 0) is 6.07 Å². The first-order chi connectivity index (χ1) is 8.93. The van der Waals surface area contributed by atoms with E-state index in [2.05, 4.69) is 0 Å². The Morgan fingerprint density at radius 2 is 1.79 bits per heavy atom. The maximum absolute atomic E-state index is 12.2. The summed E-state index contributed by atoms with van der Waals surface area (Å²) < 4.78 is 1.77. The number of Topliss-reactive ketones (excluding diaryl/α,β-unsaturated/α-hetero) is 1. The predicted molar refractivity (Wildman–Crippen MR) is 73.6 cm³/mol. The summed E-state index contributed by atoms with van der Waals surface area (Å²) in [5.41, 5.74) is 1.17. The molecule has 0 aliphatic rings. The van der Waals surface area contributed by atoms with Gasteiger partial charge in [0.1, 0.15) is 10.1 Å². The molecule has 19 heavy (non-hydrogen) atoms. The first-order valence-electron chi connectivity index (χ1n) is 5.30. The Hall–Kier alpha value is -1.78. The first kappa shape index (κ1) is 13.6. The number of allylic oxidation sites excluding steroid dienone is 1. The summed E-state index contributed by atoms with van der Waals surface area (Å²) in [6, 6.07) is 7.25. The summed E-state index contributed by atoms with van der Waals surface area (Å²) in [6.45, 7) is 0.